The standard InChI is InChI=1S/C26H28FN3O4S/c1-3-28-26(32)20(2)29(18-21-10-6-4-7-11-21)25(31)19-30(23-16-14-22(27)15-17-23)35(33,34)24-12-8-5-9-13-24/h4-17,20H,3,18-19H2,1-2H3,(H,28,32)/t20-/m0/s1. The fourth-order valence-electron chi connectivity index (χ4n) is 3.54. The zero-order valence-corrected chi connectivity index (χ0v) is 20.4. The molecular formula is C26H28FN3O4S. The van der Waals surface area contributed by atoms with Gasteiger partial charge in [-0.05, 0) is 55.8 Å². The van der Waals surface area contributed by atoms with Crippen molar-refractivity contribution < 1.29 is 22.4 Å². The molecule has 0 aliphatic heterocycles. The van der Waals surface area contributed by atoms with Crippen LogP contribution in [0, 0.1) is 5.82 Å². The summed E-state index contributed by atoms with van der Waals surface area (Å²) in [5.41, 5.74) is 0.921. The lowest BCUT2D eigenvalue weighted by Gasteiger charge is -2.32. The normalized spacial score (nSPS) is 12.0. The molecule has 0 unspecified atom stereocenters. The van der Waals surface area contributed by atoms with Crippen LogP contribution in [-0.2, 0) is 26.2 Å². The van der Waals surface area contributed by atoms with E-state index in [1.54, 1.807) is 32.0 Å². The number of likely N-dealkylation sites (N-methyl/N-ethyl adjacent to an activating group) is 1. The molecule has 9 heteroatoms. The molecule has 184 valence electrons. The monoisotopic (exact) mass is 497 g/mol. The second kappa shape index (κ2) is 11.6. The molecule has 2 amide bonds. The molecule has 0 saturated carbocycles. The number of halogens is 1. The molecule has 1 N–H and O–H groups in total. The van der Waals surface area contributed by atoms with Crippen molar-refractivity contribution in [3.8, 4) is 0 Å². The average molecular weight is 498 g/mol. The maximum atomic E-state index is 13.6. The topological polar surface area (TPSA) is 86.8 Å². The Morgan fingerprint density at radius 2 is 1.49 bits per heavy atom. The number of hydrogen-bond acceptors (Lipinski definition) is 4. The molecule has 0 aromatic heterocycles. The minimum Gasteiger partial charge on any atom is -0.355 e. The second-order valence-electron chi connectivity index (χ2n) is 7.88. The highest BCUT2D eigenvalue weighted by atomic mass is 32.2. The van der Waals surface area contributed by atoms with Crippen molar-refractivity contribution in [1.29, 1.82) is 0 Å². The van der Waals surface area contributed by atoms with Crippen LogP contribution < -0.4 is 9.62 Å². The van der Waals surface area contributed by atoms with Crippen LogP contribution in [0.5, 0.6) is 0 Å². The van der Waals surface area contributed by atoms with Gasteiger partial charge in [0.25, 0.3) is 10.0 Å². The summed E-state index contributed by atoms with van der Waals surface area (Å²) in [6.45, 7) is 3.30. The van der Waals surface area contributed by atoms with Gasteiger partial charge in [-0.1, -0.05) is 48.5 Å². The van der Waals surface area contributed by atoms with Gasteiger partial charge >= 0.3 is 0 Å². The molecule has 0 fully saturated rings. The van der Waals surface area contributed by atoms with Crippen LogP contribution in [0.2, 0.25) is 0 Å². The summed E-state index contributed by atoms with van der Waals surface area (Å²) in [5, 5.41) is 2.71. The number of nitrogens with zero attached hydrogens (tertiary/aromatic N) is 2. The Morgan fingerprint density at radius 3 is 2.06 bits per heavy atom. The van der Waals surface area contributed by atoms with Gasteiger partial charge in [0, 0.05) is 13.1 Å². The molecule has 3 aromatic rings. The lowest BCUT2D eigenvalue weighted by Crippen LogP contribution is -2.51. The van der Waals surface area contributed by atoms with Crippen LogP contribution in [0.15, 0.2) is 89.8 Å². The molecule has 0 radical (unpaired) electrons. The molecule has 7 nitrogen and oxygen atoms in total. The van der Waals surface area contributed by atoms with Crippen LogP contribution in [0.3, 0.4) is 0 Å². The summed E-state index contributed by atoms with van der Waals surface area (Å²) in [5.74, 6) is -1.46. The van der Waals surface area contributed by atoms with Crippen molar-refractivity contribution in [3.63, 3.8) is 0 Å². The molecule has 0 aliphatic rings. The number of carbonyl (C=O) groups excluding carboxylic acids is 2. The van der Waals surface area contributed by atoms with Crippen LogP contribution in [-0.4, -0.2) is 44.3 Å². The number of rotatable bonds is 10. The highest BCUT2D eigenvalue weighted by molar-refractivity contribution is 7.92. The van der Waals surface area contributed by atoms with E-state index >= 15 is 0 Å². The maximum absolute atomic E-state index is 13.6. The molecule has 3 rings (SSSR count). The predicted molar refractivity (Wildman–Crippen MR) is 133 cm³/mol. The zero-order chi connectivity index (χ0) is 25.4. The Bertz CT molecular complexity index is 1240. The number of hydrogen-bond donors (Lipinski definition) is 1. The molecule has 0 bridgehead atoms. The largest absolute Gasteiger partial charge is 0.355 e. The second-order valence-corrected chi connectivity index (χ2v) is 9.74. The van der Waals surface area contributed by atoms with Gasteiger partial charge < -0.3 is 10.2 Å². The predicted octanol–water partition coefficient (Wildman–Crippen LogP) is 3.57. The van der Waals surface area contributed by atoms with Gasteiger partial charge in [-0.15, -0.1) is 0 Å². The zero-order valence-electron chi connectivity index (χ0n) is 19.6. The van der Waals surface area contributed by atoms with E-state index in [9.17, 15) is 22.4 Å². The third-order valence-electron chi connectivity index (χ3n) is 5.44. The Labute approximate surface area is 205 Å². The summed E-state index contributed by atoms with van der Waals surface area (Å²) in [7, 11) is -4.16. The minimum absolute atomic E-state index is 0.0106. The van der Waals surface area contributed by atoms with Gasteiger partial charge in [0.1, 0.15) is 18.4 Å². The molecule has 1 atom stereocenters. The summed E-state index contributed by atoms with van der Waals surface area (Å²) in [6.07, 6.45) is 0. The van der Waals surface area contributed by atoms with E-state index in [4.69, 9.17) is 0 Å². The molecule has 35 heavy (non-hydrogen) atoms. The SMILES string of the molecule is CCNC(=O)[C@H](C)N(Cc1ccccc1)C(=O)CN(c1ccc(F)cc1)S(=O)(=O)c1ccccc1. The van der Waals surface area contributed by atoms with Crippen molar-refractivity contribution in [2.75, 3.05) is 17.4 Å². The number of amides is 2. The summed E-state index contributed by atoms with van der Waals surface area (Å²) < 4.78 is 41.6. The fourth-order valence-corrected chi connectivity index (χ4v) is 4.98. The molecule has 0 aliphatic carbocycles. The lowest BCUT2D eigenvalue weighted by atomic mass is 10.1. The molecule has 0 heterocycles. The van der Waals surface area contributed by atoms with Crippen molar-refractivity contribution in [2.24, 2.45) is 0 Å². The van der Waals surface area contributed by atoms with E-state index in [0.717, 1.165) is 22.0 Å². The first-order valence-corrected chi connectivity index (χ1v) is 12.6. The van der Waals surface area contributed by atoms with Gasteiger partial charge in [-0.25, -0.2) is 12.8 Å². The van der Waals surface area contributed by atoms with Crippen LogP contribution in [0.1, 0.15) is 19.4 Å². The first-order valence-electron chi connectivity index (χ1n) is 11.2. The van der Waals surface area contributed by atoms with Gasteiger partial charge in [0.05, 0.1) is 10.6 Å². The van der Waals surface area contributed by atoms with Crippen molar-refractivity contribution in [2.45, 2.75) is 31.3 Å². The summed E-state index contributed by atoms with van der Waals surface area (Å²) in [4.78, 5) is 27.5. The fraction of sp³-hybridized carbons (Fsp3) is 0.231. The Morgan fingerprint density at radius 1 is 0.914 bits per heavy atom. The number of sulfonamides is 1. The molecular weight excluding hydrogens is 469 g/mol. The van der Waals surface area contributed by atoms with E-state index < -0.39 is 34.3 Å². The smallest absolute Gasteiger partial charge is 0.264 e. The van der Waals surface area contributed by atoms with E-state index in [1.807, 2.05) is 30.3 Å². The number of anilines is 1. The Hall–Kier alpha value is -3.72. The maximum Gasteiger partial charge on any atom is 0.264 e. The van der Waals surface area contributed by atoms with E-state index in [0.29, 0.717) is 6.54 Å². The first-order chi connectivity index (χ1) is 16.7. The van der Waals surface area contributed by atoms with Gasteiger partial charge in [0.15, 0.2) is 0 Å². The summed E-state index contributed by atoms with van der Waals surface area (Å²) >= 11 is 0. The Kier molecular flexibility index (Phi) is 8.59. The Balaban J connectivity index is 2.00. The van der Waals surface area contributed by atoms with Gasteiger partial charge in [-0.2, -0.15) is 0 Å². The van der Waals surface area contributed by atoms with Crippen molar-refractivity contribution in [1.82, 2.24) is 10.2 Å². The van der Waals surface area contributed by atoms with Gasteiger partial charge in [-0.3, -0.25) is 13.9 Å². The van der Waals surface area contributed by atoms with E-state index in [-0.39, 0.29) is 23.0 Å². The molecule has 0 saturated heterocycles. The third-order valence-corrected chi connectivity index (χ3v) is 7.23. The average Bonchev–Trinajstić information content (AvgIpc) is 2.87. The van der Waals surface area contributed by atoms with Crippen molar-refractivity contribution in [3.05, 3.63) is 96.3 Å². The number of nitrogens with one attached hydrogen (secondary N) is 1. The van der Waals surface area contributed by atoms with Crippen LogP contribution in [0.25, 0.3) is 0 Å². The number of carbonyl (C=O) groups is 2. The third kappa shape index (κ3) is 6.45. The lowest BCUT2D eigenvalue weighted by molar-refractivity contribution is -0.139. The van der Waals surface area contributed by atoms with Gasteiger partial charge in [0.2, 0.25) is 11.8 Å². The number of benzene rings is 3. The highest BCUT2D eigenvalue weighted by Crippen LogP contribution is 2.24. The quantitative estimate of drug-likeness (QED) is 0.464. The van der Waals surface area contributed by atoms with E-state index in [1.165, 1.54) is 29.2 Å². The van der Waals surface area contributed by atoms with Crippen molar-refractivity contribution >= 4 is 27.5 Å². The minimum atomic E-state index is -4.16. The van der Waals surface area contributed by atoms with Crippen LogP contribution >= 0.6 is 0 Å². The molecule has 3 aromatic carbocycles. The van der Waals surface area contributed by atoms with E-state index in [2.05, 4.69) is 5.32 Å². The first kappa shape index (κ1) is 25.9. The highest BCUT2D eigenvalue weighted by Gasteiger charge is 2.32. The summed E-state index contributed by atoms with van der Waals surface area (Å²) in [6, 6.07) is 20.8. The van der Waals surface area contributed by atoms with Crippen LogP contribution in [0.4, 0.5) is 10.1 Å². The molecule has 0 spiro atoms.